The fourth-order valence-corrected chi connectivity index (χ4v) is 2.79. The van der Waals surface area contributed by atoms with Crippen molar-refractivity contribution in [3.05, 3.63) is 65.0 Å². The van der Waals surface area contributed by atoms with Crippen LogP contribution in [0.5, 0.6) is 0 Å². The molecule has 0 unspecified atom stereocenters. The third-order valence-corrected chi connectivity index (χ3v) is 4.54. The molecule has 0 saturated heterocycles. The van der Waals surface area contributed by atoms with Gasteiger partial charge in [0.2, 0.25) is 0 Å². The Morgan fingerprint density at radius 1 is 1.21 bits per heavy atom. The number of nitrogens with zero attached hydrogens (tertiary/aromatic N) is 1. The first-order chi connectivity index (χ1) is 11.6. The summed E-state index contributed by atoms with van der Waals surface area (Å²) >= 11 is 0. The van der Waals surface area contributed by atoms with Crippen LogP contribution in [0, 0.1) is 5.92 Å². The molecular weight excluding hydrogens is 300 g/mol. The summed E-state index contributed by atoms with van der Waals surface area (Å²) < 4.78 is 0. The number of pyridine rings is 1. The Morgan fingerprint density at radius 3 is 2.54 bits per heavy atom. The highest BCUT2D eigenvalue weighted by Crippen LogP contribution is 2.34. The molecule has 1 aromatic heterocycles. The fraction of sp³-hybridized carbons (Fsp3) is 0.350. The average Bonchev–Trinajstić information content (AvgIpc) is 3.44. The number of ketones is 1. The number of amides is 1. The zero-order valence-corrected chi connectivity index (χ0v) is 14.1. The standard InChI is InChI=1S/C20H22N2O2/c1-13(15-6-4-3-5-7-15)17-11-16(19(23)10-14-8-9-14)12-18(22-17)20(24)21-2/h3-7,11-14H,8-10H2,1-2H3,(H,21,24)/t13-/m1/s1. The lowest BCUT2D eigenvalue weighted by Gasteiger charge is -2.14. The molecule has 1 amide bonds. The van der Waals surface area contributed by atoms with Gasteiger partial charge in [0.05, 0.1) is 0 Å². The molecule has 0 radical (unpaired) electrons. The molecule has 124 valence electrons. The van der Waals surface area contributed by atoms with E-state index in [0.29, 0.717) is 23.6 Å². The SMILES string of the molecule is CNC(=O)c1cc(C(=O)CC2CC2)cc([C@H](C)c2ccccc2)n1. The minimum atomic E-state index is -0.266. The van der Waals surface area contributed by atoms with Gasteiger partial charge in [-0.15, -0.1) is 0 Å². The average molecular weight is 322 g/mol. The summed E-state index contributed by atoms with van der Waals surface area (Å²) in [5.74, 6) is 0.372. The minimum absolute atomic E-state index is 0.0169. The number of carbonyl (C=O) groups excluding carboxylic acids is 2. The summed E-state index contributed by atoms with van der Waals surface area (Å²) in [6.07, 6.45) is 2.83. The molecule has 1 aliphatic carbocycles. The van der Waals surface area contributed by atoms with Gasteiger partial charge in [0.25, 0.3) is 5.91 Å². The molecule has 3 rings (SSSR count). The molecule has 1 fully saturated rings. The van der Waals surface area contributed by atoms with Gasteiger partial charge in [-0.2, -0.15) is 0 Å². The van der Waals surface area contributed by atoms with E-state index in [0.717, 1.165) is 24.1 Å². The van der Waals surface area contributed by atoms with Crippen molar-refractivity contribution in [2.75, 3.05) is 7.05 Å². The third-order valence-electron chi connectivity index (χ3n) is 4.54. The number of nitrogens with one attached hydrogen (secondary N) is 1. The highest BCUT2D eigenvalue weighted by Gasteiger charge is 2.26. The second-order valence-corrected chi connectivity index (χ2v) is 6.45. The topological polar surface area (TPSA) is 59.1 Å². The lowest BCUT2D eigenvalue weighted by Crippen LogP contribution is -2.21. The van der Waals surface area contributed by atoms with Gasteiger partial charge >= 0.3 is 0 Å². The molecule has 1 saturated carbocycles. The predicted octanol–water partition coefficient (Wildman–Crippen LogP) is 3.58. The first-order valence-corrected chi connectivity index (χ1v) is 8.40. The van der Waals surface area contributed by atoms with Gasteiger partial charge in [0, 0.05) is 30.6 Å². The number of benzene rings is 1. The molecule has 1 aliphatic rings. The number of hydrogen-bond acceptors (Lipinski definition) is 3. The number of carbonyl (C=O) groups is 2. The molecule has 24 heavy (non-hydrogen) atoms. The van der Waals surface area contributed by atoms with E-state index < -0.39 is 0 Å². The monoisotopic (exact) mass is 322 g/mol. The van der Waals surface area contributed by atoms with E-state index in [9.17, 15) is 9.59 Å². The Labute approximate surface area is 142 Å². The van der Waals surface area contributed by atoms with Crippen LogP contribution in [-0.4, -0.2) is 23.7 Å². The summed E-state index contributed by atoms with van der Waals surface area (Å²) in [6.45, 7) is 2.04. The van der Waals surface area contributed by atoms with Crippen LogP contribution in [0.2, 0.25) is 0 Å². The van der Waals surface area contributed by atoms with E-state index >= 15 is 0 Å². The van der Waals surface area contributed by atoms with Crippen LogP contribution < -0.4 is 5.32 Å². The molecule has 0 aliphatic heterocycles. The first-order valence-electron chi connectivity index (χ1n) is 8.40. The minimum Gasteiger partial charge on any atom is -0.354 e. The van der Waals surface area contributed by atoms with Crippen molar-refractivity contribution in [3.8, 4) is 0 Å². The molecule has 1 atom stereocenters. The van der Waals surface area contributed by atoms with Crippen LogP contribution >= 0.6 is 0 Å². The molecule has 0 spiro atoms. The van der Waals surface area contributed by atoms with Gasteiger partial charge in [-0.05, 0) is 36.5 Å². The molecule has 0 bridgehead atoms. The Bertz CT molecular complexity index is 751. The van der Waals surface area contributed by atoms with E-state index in [-0.39, 0.29) is 17.6 Å². The summed E-state index contributed by atoms with van der Waals surface area (Å²) in [4.78, 5) is 29.1. The molecule has 2 aromatic rings. The lowest BCUT2D eigenvalue weighted by molar-refractivity contribution is 0.0958. The van der Waals surface area contributed by atoms with E-state index in [4.69, 9.17) is 0 Å². The van der Waals surface area contributed by atoms with Crippen molar-refractivity contribution in [1.82, 2.24) is 10.3 Å². The van der Waals surface area contributed by atoms with Crippen LogP contribution in [0.15, 0.2) is 42.5 Å². The van der Waals surface area contributed by atoms with Crippen LogP contribution in [0.25, 0.3) is 0 Å². The van der Waals surface area contributed by atoms with Gasteiger partial charge < -0.3 is 5.32 Å². The van der Waals surface area contributed by atoms with Crippen molar-refractivity contribution in [2.45, 2.75) is 32.1 Å². The highest BCUT2D eigenvalue weighted by atomic mass is 16.1. The smallest absolute Gasteiger partial charge is 0.269 e. The number of rotatable bonds is 6. The van der Waals surface area contributed by atoms with Gasteiger partial charge in [0.1, 0.15) is 5.69 Å². The van der Waals surface area contributed by atoms with Gasteiger partial charge in [-0.1, -0.05) is 37.3 Å². The zero-order valence-electron chi connectivity index (χ0n) is 14.1. The van der Waals surface area contributed by atoms with E-state index in [1.165, 1.54) is 0 Å². The maximum Gasteiger partial charge on any atom is 0.269 e. The van der Waals surface area contributed by atoms with E-state index in [2.05, 4.69) is 10.3 Å². The lowest BCUT2D eigenvalue weighted by atomic mass is 9.94. The fourth-order valence-electron chi connectivity index (χ4n) is 2.79. The quantitative estimate of drug-likeness (QED) is 0.827. The Morgan fingerprint density at radius 2 is 1.92 bits per heavy atom. The zero-order chi connectivity index (χ0) is 17.1. The van der Waals surface area contributed by atoms with Gasteiger partial charge in [0.15, 0.2) is 5.78 Å². The Hall–Kier alpha value is -2.49. The van der Waals surface area contributed by atoms with Gasteiger partial charge in [-0.3, -0.25) is 9.59 Å². The largest absolute Gasteiger partial charge is 0.354 e. The van der Waals surface area contributed by atoms with Crippen molar-refractivity contribution < 1.29 is 9.59 Å². The number of hydrogen-bond donors (Lipinski definition) is 1. The third kappa shape index (κ3) is 3.70. The van der Waals surface area contributed by atoms with Crippen LogP contribution in [0.3, 0.4) is 0 Å². The maximum atomic E-state index is 12.5. The molecule has 1 heterocycles. The normalized spacial score (nSPS) is 14.9. The van der Waals surface area contributed by atoms with Crippen molar-refractivity contribution >= 4 is 11.7 Å². The predicted molar refractivity (Wildman–Crippen MR) is 93.3 cm³/mol. The molecule has 4 heteroatoms. The summed E-state index contributed by atoms with van der Waals surface area (Å²) in [7, 11) is 1.57. The molecule has 1 N–H and O–H groups in total. The van der Waals surface area contributed by atoms with Crippen molar-refractivity contribution in [2.24, 2.45) is 5.92 Å². The summed E-state index contributed by atoms with van der Waals surface area (Å²) in [5, 5.41) is 2.59. The summed E-state index contributed by atoms with van der Waals surface area (Å²) in [6, 6.07) is 13.4. The molecule has 1 aromatic carbocycles. The highest BCUT2D eigenvalue weighted by molar-refractivity contribution is 6.00. The van der Waals surface area contributed by atoms with Crippen LogP contribution in [0.1, 0.15) is 64.2 Å². The second kappa shape index (κ2) is 6.95. The Balaban J connectivity index is 1.97. The van der Waals surface area contributed by atoms with Crippen LogP contribution in [-0.2, 0) is 0 Å². The van der Waals surface area contributed by atoms with E-state index in [1.807, 2.05) is 43.3 Å². The first kappa shape index (κ1) is 16.4. The van der Waals surface area contributed by atoms with Gasteiger partial charge in [-0.25, -0.2) is 4.98 Å². The van der Waals surface area contributed by atoms with Crippen molar-refractivity contribution in [1.29, 1.82) is 0 Å². The molecular formula is C20H22N2O2. The molecule has 4 nitrogen and oxygen atoms in total. The Kier molecular flexibility index (Phi) is 4.74. The number of Topliss-reactive ketones (excluding diaryl/α,β-unsaturated/α-hetero) is 1. The van der Waals surface area contributed by atoms with E-state index in [1.54, 1.807) is 13.1 Å². The van der Waals surface area contributed by atoms with Crippen LogP contribution in [0.4, 0.5) is 0 Å². The van der Waals surface area contributed by atoms with Crippen molar-refractivity contribution in [3.63, 3.8) is 0 Å². The second-order valence-electron chi connectivity index (χ2n) is 6.45. The summed E-state index contributed by atoms with van der Waals surface area (Å²) in [5.41, 5.74) is 2.76. The maximum absolute atomic E-state index is 12.5. The number of aromatic nitrogens is 1.